The first-order valence-corrected chi connectivity index (χ1v) is 12.3. The van der Waals surface area contributed by atoms with Gasteiger partial charge in [-0.2, -0.15) is 0 Å². The van der Waals surface area contributed by atoms with Gasteiger partial charge in [-0.25, -0.2) is 22.9 Å². The highest BCUT2D eigenvalue weighted by atomic mass is 35.5. The summed E-state index contributed by atoms with van der Waals surface area (Å²) >= 11 is 5.82. The number of carbonyl (C=O) groups is 2. The van der Waals surface area contributed by atoms with Crippen LogP contribution in [0.2, 0.25) is 5.02 Å². The van der Waals surface area contributed by atoms with Crippen LogP contribution < -0.4 is 15.5 Å². The Balaban J connectivity index is 1.47. The molecule has 2 aromatic carbocycles. The van der Waals surface area contributed by atoms with Crippen LogP contribution in [0.5, 0.6) is 0 Å². The van der Waals surface area contributed by atoms with E-state index in [0.29, 0.717) is 42.6 Å². The van der Waals surface area contributed by atoms with Gasteiger partial charge in [0.05, 0.1) is 4.90 Å². The van der Waals surface area contributed by atoms with Gasteiger partial charge in [0.25, 0.3) is 15.9 Å². The first kappa shape index (κ1) is 24.0. The van der Waals surface area contributed by atoms with Gasteiger partial charge in [0.2, 0.25) is 0 Å². The standard InChI is InChI=1S/C22H27ClN4O4S/c1-16-11-14-27(15-12-16)25-22(29)26-32(30,31)20-8-2-17(3-9-20)10-13-24-21(28)18-4-6-19(23)7-5-18/h2-9,16H,10-15H2,1H3,(H,24,28)(H2,25,26,29). The van der Waals surface area contributed by atoms with E-state index in [1.807, 2.05) is 4.72 Å². The lowest BCUT2D eigenvalue weighted by molar-refractivity contribution is 0.0954. The molecule has 1 saturated heterocycles. The molecule has 172 valence electrons. The zero-order valence-electron chi connectivity index (χ0n) is 17.8. The highest BCUT2D eigenvalue weighted by molar-refractivity contribution is 7.90. The summed E-state index contributed by atoms with van der Waals surface area (Å²) in [4.78, 5) is 24.2. The van der Waals surface area contributed by atoms with Crippen LogP contribution in [0.3, 0.4) is 0 Å². The fraction of sp³-hybridized carbons (Fsp3) is 0.364. The Morgan fingerprint density at radius 2 is 1.66 bits per heavy atom. The van der Waals surface area contributed by atoms with Crippen LogP contribution in [0.4, 0.5) is 4.79 Å². The average molecular weight is 479 g/mol. The number of hydrazine groups is 1. The Kier molecular flexibility index (Phi) is 8.11. The first-order chi connectivity index (χ1) is 15.2. The minimum Gasteiger partial charge on any atom is -0.352 e. The van der Waals surface area contributed by atoms with Gasteiger partial charge in [0, 0.05) is 30.2 Å². The van der Waals surface area contributed by atoms with Gasteiger partial charge in [-0.1, -0.05) is 30.7 Å². The molecule has 0 unspecified atom stereocenters. The lowest BCUT2D eigenvalue weighted by atomic mass is 10.0. The Bertz CT molecular complexity index is 1030. The Hall–Kier alpha value is -2.62. The second kappa shape index (κ2) is 10.8. The summed E-state index contributed by atoms with van der Waals surface area (Å²) in [7, 11) is -3.98. The molecule has 32 heavy (non-hydrogen) atoms. The number of benzene rings is 2. The van der Waals surface area contributed by atoms with E-state index < -0.39 is 16.1 Å². The van der Waals surface area contributed by atoms with E-state index in [2.05, 4.69) is 17.7 Å². The molecule has 1 aliphatic rings. The summed E-state index contributed by atoms with van der Waals surface area (Å²) in [5, 5.41) is 5.10. The number of hydrogen-bond acceptors (Lipinski definition) is 5. The number of carbonyl (C=O) groups excluding carboxylic acids is 2. The van der Waals surface area contributed by atoms with Crippen LogP contribution in [0.15, 0.2) is 53.4 Å². The zero-order valence-corrected chi connectivity index (χ0v) is 19.4. The smallest absolute Gasteiger partial charge is 0.343 e. The molecule has 1 heterocycles. The molecule has 2 aromatic rings. The van der Waals surface area contributed by atoms with Crippen LogP contribution in [-0.2, 0) is 16.4 Å². The number of nitrogens with zero attached hydrogens (tertiary/aromatic N) is 1. The molecular formula is C22H27ClN4O4S. The topological polar surface area (TPSA) is 108 Å². The van der Waals surface area contributed by atoms with Gasteiger partial charge < -0.3 is 5.32 Å². The summed E-state index contributed by atoms with van der Waals surface area (Å²) < 4.78 is 27.0. The molecule has 0 atom stereocenters. The number of rotatable bonds is 7. The van der Waals surface area contributed by atoms with Crippen LogP contribution in [-0.4, -0.2) is 45.0 Å². The van der Waals surface area contributed by atoms with Crippen molar-refractivity contribution in [3.05, 3.63) is 64.7 Å². The molecule has 3 rings (SSSR count). The fourth-order valence-corrected chi connectivity index (χ4v) is 4.35. The second-order valence-corrected chi connectivity index (χ2v) is 9.99. The highest BCUT2D eigenvalue weighted by Gasteiger charge is 2.21. The summed E-state index contributed by atoms with van der Waals surface area (Å²) in [6.07, 6.45) is 2.43. The van der Waals surface area contributed by atoms with Crippen molar-refractivity contribution in [2.45, 2.75) is 31.1 Å². The van der Waals surface area contributed by atoms with E-state index in [9.17, 15) is 18.0 Å². The number of sulfonamides is 1. The Labute approximate surface area is 193 Å². The lowest BCUT2D eigenvalue weighted by Crippen LogP contribution is -2.51. The molecule has 0 aliphatic carbocycles. The maximum absolute atomic E-state index is 12.5. The van der Waals surface area contributed by atoms with E-state index >= 15 is 0 Å². The monoisotopic (exact) mass is 478 g/mol. The second-order valence-electron chi connectivity index (χ2n) is 7.87. The normalized spacial score (nSPS) is 15.2. The van der Waals surface area contributed by atoms with Crippen molar-refractivity contribution in [3.8, 4) is 0 Å². The summed E-state index contributed by atoms with van der Waals surface area (Å²) in [5.41, 5.74) is 3.96. The number of nitrogens with one attached hydrogen (secondary N) is 3. The molecule has 0 saturated carbocycles. The average Bonchev–Trinajstić information content (AvgIpc) is 2.76. The van der Waals surface area contributed by atoms with Crippen LogP contribution in [0, 0.1) is 5.92 Å². The van der Waals surface area contributed by atoms with Crippen molar-refractivity contribution in [3.63, 3.8) is 0 Å². The van der Waals surface area contributed by atoms with Crippen molar-refractivity contribution in [2.24, 2.45) is 5.92 Å². The van der Waals surface area contributed by atoms with Crippen LogP contribution >= 0.6 is 11.6 Å². The fourth-order valence-electron chi connectivity index (χ4n) is 3.33. The predicted molar refractivity (Wildman–Crippen MR) is 123 cm³/mol. The van der Waals surface area contributed by atoms with E-state index in [1.165, 1.54) is 12.1 Å². The van der Waals surface area contributed by atoms with Gasteiger partial charge in [0.1, 0.15) is 0 Å². The van der Waals surface area contributed by atoms with E-state index in [4.69, 9.17) is 11.6 Å². The number of amides is 3. The molecule has 0 bridgehead atoms. The minimum absolute atomic E-state index is 0.00568. The number of piperidine rings is 1. The molecular weight excluding hydrogens is 452 g/mol. The maximum Gasteiger partial charge on any atom is 0.343 e. The third kappa shape index (κ3) is 6.94. The van der Waals surface area contributed by atoms with Gasteiger partial charge in [0.15, 0.2) is 0 Å². The van der Waals surface area contributed by atoms with Gasteiger partial charge in [-0.3, -0.25) is 10.2 Å². The van der Waals surface area contributed by atoms with E-state index in [1.54, 1.807) is 41.4 Å². The quantitative estimate of drug-likeness (QED) is 0.567. The summed E-state index contributed by atoms with van der Waals surface area (Å²) in [6, 6.07) is 12.0. The molecule has 8 nitrogen and oxygen atoms in total. The number of halogens is 1. The van der Waals surface area contributed by atoms with Crippen LogP contribution in [0.1, 0.15) is 35.7 Å². The Morgan fingerprint density at radius 1 is 1.03 bits per heavy atom. The van der Waals surface area contributed by atoms with Crippen molar-refractivity contribution in [1.29, 1.82) is 0 Å². The van der Waals surface area contributed by atoms with Crippen LogP contribution in [0.25, 0.3) is 0 Å². The maximum atomic E-state index is 12.5. The van der Waals surface area contributed by atoms with E-state index in [0.717, 1.165) is 18.4 Å². The van der Waals surface area contributed by atoms with Crippen molar-refractivity contribution >= 4 is 33.6 Å². The Morgan fingerprint density at radius 3 is 2.28 bits per heavy atom. The minimum atomic E-state index is -3.98. The third-order valence-corrected chi connectivity index (χ3v) is 6.91. The molecule has 1 fully saturated rings. The third-order valence-electron chi connectivity index (χ3n) is 5.31. The van der Waals surface area contributed by atoms with Crippen molar-refractivity contribution in [2.75, 3.05) is 19.6 Å². The molecule has 0 spiro atoms. The SMILES string of the molecule is CC1CCN(NC(=O)NS(=O)(=O)c2ccc(CCNC(=O)c3ccc(Cl)cc3)cc2)CC1. The molecule has 10 heteroatoms. The van der Waals surface area contributed by atoms with Gasteiger partial charge >= 0.3 is 6.03 Å². The van der Waals surface area contributed by atoms with Crippen molar-refractivity contribution < 1.29 is 18.0 Å². The molecule has 1 aliphatic heterocycles. The number of urea groups is 1. The lowest BCUT2D eigenvalue weighted by Gasteiger charge is -2.30. The molecule has 0 aromatic heterocycles. The largest absolute Gasteiger partial charge is 0.352 e. The van der Waals surface area contributed by atoms with Gasteiger partial charge in [-0.15, -0.1) is 0 Å². The summed E-state index contributed by atoms with van der Waals surface area (Å²) in [5.74, 6) is 0.392. The number of hydrogen-bond donors (Lipinski definition) is 3. The van der Waals surface area contributed by atoms with E-state index in [-0.39, 0.29) is 10.8 Å². The van der Waals surface area contributed by atoms with Crippen molar-refractivity contribution in [1.82, 2.24) is 20.5 Å². The summed E-state index contributed by atoms with van der Waals surface area (Å²) in [6.45, 7) is 3.93. The molecule has 0 radical (unpaired) electrons. The molecule has 3 amide bonds. The predicted octanol–water partition coefficient (Wildman–Crippen LogP) is 2.95. The highest BCUT2D eigenvalue weighted by Crippen LogP contribution is 2.15. The first-order valence-electron chi connectivity index (χ1n) is 10.4. The molecule has 3 N–H and O–H groups in total. The van der Waals surface area contributed by atoms with Gasteiger partial charge in [-0.05, 0) is 67.1 Å². The zero-order chi connectivity index (χ0) is 23.1.